The molecule has 0 bridgehead atoms. The molecule has 11 heavy (non-hydrogen) atoms. The van der Waals surface area contributed by atoms with Crippen LogP contribution >= 0.6 is 34.2 Å². The number of rotatable bonds is 2. The monoisotopic (exact) mass is 344 g/mol. The minimum absolute atomic E-state index is 0.464. The maximum absolute atomic E-state index is 5.73. The Kier molecular flexibility index (Phi) is 4.53. The summed E-state index contributed by atoms with van der Waals surface area (Å²) < 4.78 is 3.40. The van der Waals surface area contributed by atoms with Crippen LogP contribution in [-0.4, -0.2) is 15.0 Å². The summed E-state index contributed by atoms with van der Waals surface area (Å²) in [4.78, 5) is 2.18. The second-order valence-corrected chi connectivity index (χ2v) is 5.04. The molecule has 1 rings (SSSR count). The summed E-state index contributed by atoms with van der Waals surface area (Å²) in [6.45, 7) is 0. The van der Waals surface area contributed by atoms with Crippen LogP contribution in [0.5, 0.6) is 0 Å². The zero-order chi connectivity index (χ0) is 8.10. The van der Waals surface area contributed by atoms with Crippen molar-refractivity contribution in [2.24, 2.45) is 0 Å². The topological polar surface area (TPSA) is 0 Å². The van der Waals surface area contributed by atoms with E-state index in [1.54, 1.807) is 0 Å². The third-order valence-corrected chi connectivity index (χ3v) is 4.49. The average molecular weight is 343 g/mol. The summed E-state index contributed by atoms with van der Waals surface area (Å²) in [5.74, 6) is 0. The van der Waals surface area contributed by atoms with Crippen molar-refractivity contribution >= 4 is 53.6 Å². The normalized spacial score (nSPS) is 10.7. The standard InChI is InChI=1S/C8H6ClISe/c9-7-1-3-8(4-2-7)11-6-5-10/h1-6H/b6-5+. The van der Waals surface area contributed by atoms with E-state index >= 15 is 0 Å². The Morgan fingerprint density at radius 1 is 1.27 bits per heavy atom. The molecule has 0 aromatic heterocycles. The molecule has 0 nitrogen and oxygen atoms in total. The van der Waals surface area contributed by atoms with Gasteiger partial charge in [0, 0.05) is 0 Å². The second kappa shape index (κ2) is 5.20. The van der Waals surface area contributed by atoms with Crippen LogP contribution in [0.1, 0.15) is 0 Å². The number of hydrogen-bond donors (Lipinski definition) is 0. The molecule has 0 radical (unpaired) electrons. The zero-order valence-electron chi connectivity index (χ0n) is 5.63. The van der Waals surface area contributed by atoms with Crippen LogP contribution in [0.25, 0.3) is 0 Å². The summed E-state index contributed by atoms with van der Waals surface area (Å²) >= 11 is 8.43. The summed E-state index contributed by atoms with van der Waals surface area (Å²) in [5, 5.41) is 0.808. The van der Waals surface area contributed by atoms with Crippen LogP contribution in [-0.2, 0) is 0 Å². The molecule has 3 heteroatoms. The van der Waals surface area contributed by atoms with E-state index in [1.807, 2.05) is 16.2 Å². The van der Waals surface area contributed by atoms with Gasteiger partial charge in [-0.15, -0.1) is 0 Å². The van der Waals surface area contributed by atoms with Gasteiger partial charge in [0.15, 0.2) is 0 Å². The molecule has 0 spiro atoms. The fraction of sp³-hybridized carbons (Fsp3) is 0. The van der Waals surface area contributed by atoms with Gasteiger partial charge in [0.05, 0.1) is 0 Å². The fourth-order valence-electron chi connectivity index (χ4n) is 0.617. The van der Waals surface area contributed by atoms with Crippen LogP contribution in [0.15, 0.2) is 33.3 Å². The van der Waals surface area contributed by atoms with Crippen LogP contribution in [0.2, 0.25) is 5.02 Å². The molecule has 0 saturated carbocycles. The van der Waals surface area contributed by atoms with Crippen LogP contribution < -0.4 is 4.46 Å². The molecule has 0 amide bonds. The first-order valence-electron chi connectivity index (χ1n) is 3.00. The molecular formula is C8H6ClISe. The molecule has 58 valence electrons. The van der Waals surface area contributed by atoms with Crippen molar-refractivity contribution < 1.29 is 0 Å². The molecule has 0 aliphatic rings. The molecule has 0 fully saturated rings. The van der Waals surface area contributed by atoms with Gasteiger partial charge in [-0.2, -0.15) is 0 Å². The predicted octanol–water partition coefficient (Wildman–Crippen LogP) is 2.58. The van der Waals surface area contributed by atoms with Crippen molar-refractivity contribution in [3.05, 3.63) is 38.3 Å². The van der Waals surface area contributed by atoms with Gasteiger partial charge in [-0.25, -0.2) is 0 Å². The molecule has 1 aromatic rings. The van der Waals surface area contributed by atoms with E-state index < -0.39 is 0 Å². The van der Waals surface area contributed by atoms with Gasteiger partial charge < -0.3 is 0 Å². The number of benzene rings is 1. The molecule has 0 aliphatic carbocycles. The van der Waals surface area contributed by atoms with Crippen molar-refractivity contribution in [1.29, 1.82) is 0 Å². The first-order chi connectivity index (χ1) is 5.33. The van der Waals surface area contributed by atoms with Crippen LogP contribution in [0.4, 0.5) is 0 Å². The molecule has 0 atom stereocenters. The van der Waals surface area contributed by atoms with Gasteiger partial charge in [0.2, 0.25) is 0 Å². The molecule has 0 saturated heterocycles. The Hall–Kier alpha value is 0.499. The third kappa shape index (κ3) is 3.61. The van der Waals surface area contributed by atoms with E-state index in [4.69, 9.17) is 11.6 Å². The molecule has 0 heterocycles. The van der Waals surface area contributed by atoms with E-state index in [1.165, 1.54) is 4.46 Å². The Bertz CT molecular complexity index is 243. The first-order valence-corrected chi connectivity index (χ1v) is 6.47. The van der Waals surface area contributed by atoms with Crippen molar-refractivity contribution in [3.8, 4) is 0 Å². The summed E-state index contributed by atoms with van der Waals surface area (Å²) in [6.07, 6.45) is 0. The minimum atomic E-state index is 0.464. The van der Waals surface area contributed by atoms with Crippen molar-refractivity contribution in [2.75, 3.05) is 0 Å². The van der Waals surface area contributed by atoms with Gasteiger partial charge in [-0.1, -0.05) is 0 Å². The number of halogens is 2. The van der Waals surface area contributed by atoms with Crippen LogP contribution in [0.3, 0.4) is 0 Å². The SMILES string of the molecule is Clc1ccc([Se]/C=C/I)cc1. The first kappa shape index (κ1) is 9.59. The molecule has 0 aliphatic heterocycles. The van der Waals surface area contributed by atoms with E-state index in [0.29, 0.717) is 15.0 Å². The molecule has 1 aromatic carbocycles. The van der Waals surface area contributed by atoms with E-state index in [2.05, 4.69) is 39.7 Å². The van der Waals surface area contributed by atoms with E-state index in [9.17, 15) is 0 Å². The van der Waals surface area contributed by atoms with Crippen molar-refractivity contribution in [2.45, 2.75) is 0 Å². The predicted molar refractivity (Wildman–Crippen MR) is 60.0 cm³/mol. The molecule has 0 N–H and O–H groups in total. The average Bonchev–Trinajstić information content (AvgIpc) is 2.04. The van der Waals surface area contributed by atoms with Gasteiger partial charge in [0.25, 0.3) is 0 Å². The summed E-state index contributed by atoms with van der Waals surface area (Å²) in [6, 6.07) is 8.00. The Labute approximate surface area is 91.3 Å². The van der Waals surface area contributed by atoms with E-state index in [-0.39, 0.29) is 0 Å². The van der Waals surface area contributed by atoms with Crippen molar-refractivity contribution in [3.63, 3.8) is 0 Å². The summed E-state index contributed by atoms with van der Waals surface area (Å²) in [7, 11) is 0. The second-order valence-electron chi connectivity index (χ2n) is 1.83. The quantitative estimate of drug-likeness (QED) is 0.572. The Morgan fingerprint density at radius 2 is 1.91 bits per heavy atom. The summed E-state index contributed by atoms with van der Waals surface area (Å²) in [5.41, 5.74) is 0. The van der Waals surface area contributed by atoms with E-state index in [0.717, 1.165) is 5.02 Å². The Morgan fingerprint density at radius 3 is 2.45 bits per heavy atom. The number of hydrogen-bond acceptors (Lipinski definition) is 0. The van der Waals surface area contributed by atoms with Gasteiger partial charge >= 0.3 is 92.0 Å². The molecular weight excluding hydrogens is 337 g/mol. The zero-order valence-corrected chi connectivity index (χ0v) is 10.3. The molecule has 0 unspecified atom stereocenters. The van der Waals surface area contributed by atoms with Crippen molar-refractivity contribution in [1.82, 2.24) is 0 Å². The maximum atomic E-state index is 5.73. The van der Waals surface area contributed by atoms with Gasteiger partial charge in [0.1, 0.15) is 0 Å². The fourth-order valence-corrected chi connectivity index (χ4v) is 2.56. The third-order valence-electron chi connectivity index (χ3n) is 1.07. The van der Waals surface area contributed by atoms with Crippen LogP contribution in [0, 0.1) is 0 Å². The van der Waals surface area contributed by atoms with Gasteiger partial charge in [-0.3, -0.25) is 0 Å². The Balaban J connectivity index is 2.66. The van der Waals surface area contributed by atoms with Gasteiger partial charge in [-0.05, 0) is 0 Å².